The summed E-state index contributed by atoms with van der Waals surface area (Å²) in [6.45, 7) is 11.8. The lowest BCUT2D eigenvalue weighted by Crippen LogP contribution is -2.49. The van der Waals surface area contributed by atoms with Crippen LogP contribution < -0.4 is 10.2 Å². The SMILES string of the molecule is CCCNC(C)c1ccccc1N1CC(C)OCC1CC. The molecule has 1 aliphatic heterocycles. The molecule has 0 saturated carbocycles. The van der Waals surface area contributed by atoms with Crippen LogP contribution in [-0.4, -0.2) is 31.8 Å². The quantitative estimate of drug-likeness (QED) is 0.863. The van der Waals surface area contributed by atoms with Crippen LogP contribution in [0.25, 0.3) is 0 Å². The minimum atomic E-state index is 0.305. The number of hydrogen-bond acceptors (Lipinski definition) is 3. The average Bonchev–Trinajstić information content (AvgIpc) is 2.52. The highest BCUT2D eigenvalue weighted by Gasteiger charge is 2.27. The molecule has 0 aromatic heterocycles. The van der Waals surface area contributed by atoms with Gasteiger partial charge in [0.2, 0.25) is 0 Å². The summed E-state index contributed by atoms with van der Waals surface area (Å²) in [5.41, 5.74) is 2.77. The Morgan fingerprint density at radius 2 is 2.10 bits per heavy atom. The van der Waals surface area contributed by atoms with Gasteiger partial charge in [-0.2, -0.15) is 0 Å². The zero-order chi connectivity index (χ0) is 15.2. The van der Waals surface area contributed by atoms with Crippen molar-refractivity contribution >= 4 is 5.69 Å². The molecule has 0 amide bonds. The van der Waals surface area contributed by atoms with Crippen LogP contribution in [0.15, 0.2) is 24.3 Å². The van der Waals surface area contributed by atoms with Gasteiger partial charge in [0.1, 0.15) is 0 Å². The number of rotatable bonds is 6. The molecule has 3 atom stereocenters. The fourth-order valence-corrected chi connectivity index (χ4v) is 3.06. The van der Waals surface area contributed by atoms with E-state index in [-0.39, 0.29) is 0 Å². The minimum absolute atomic E-state index is 0.305. The Labute approximate surface area is 129 Å². The Balaban J connectivity index is 2.24. The molecular formula is C18H30N2O. The lowest BCUT2D eigenvalue weighted by molar-refractivity contribution is 0.0298. The van der Waals surface area contributed by atoms with Crippen molar-refractivity contribution in [3.8, 4) is 0 Å². The number of anilines is 1. The molecule has 1 aromatic rings. The summed E-state index contributed by atoms with van der Waals surface area (Å²) in [4.78, 5) is 2.55. The largest absolute Gasteiger partial charge is 0.375 e. The fraction of sp³-hybridized carbons (Fsp3) is 0.667. The van der Waals surface area contributed by atoms with Crippen LogP contribution >= 0.6 is 0 Å². The Kier molecular flexibility index (Phi) is 6.07. The standard InChI is InChI=1S/C18H30N2O/c1-5-11-19-15(4)17-9-7-8-10-18(17)20-12-14(3)21-13-16(20)6-2/h7-10,14-16,19H,5-6,11-13H2,1-4H3. The number of nitrogens with zero attached hydrogens (tertiary/aromatic N) is 1. The number of morpholine rings is 1. The third-order valence-corrected chi connectivity index (χ3v) is 4.35. The van der Waals surface area contributed by atoms with Gasteiger partial charge in [-0.05, 0) is 44.9 Å². The van der Waals surface area contributed by atoms with Gasteiger partial charge in [-0.25, -0.2) is 0 Å². The van der Waals surface area contributed by atoms with Crippen LogP contribution in [-0.2, 0) is 4.74 Å². The molecule has 1 aromatic carbocycles. The second-order valence-electron chi connectivity index (χ2n) is 6.09. The molecule has 1 N–H and O–H groups in total. The molecule has 0 radical (unpaired) electrons. The number of para-hydroxylation sites is 1. The van der Waals surface area contributed by atoms with Gasteiger partial charge in [0.15, 0.2) is 0 Å². The van der Waals surface area contributed by atoms with E-state index in [1.807, 2.05) is 0 Å². The Morgan fingerprint density at radius 3 is 2.81 bits per heavy atom. The molecule has 3 nitrogen and oxygen atoms in total. The predicted molar refractivity (Wildman–Crippen MR) is 90.0 cm³/mol. The normalized spacial score (nSPS) is 24.1. The Morgan fingerprint density at radius 1 is 1.33 bits per heavy atom. The van der Waals surface area contributed by atoms with Crippen molar-refractivity contribution in [3.63, 3.8) is 0 Å². The maximum absolute atomic E-state index is 5.84. The number of nitrogens with one attached hydrogen (secondary N) is 1. The number of benzene rings is 1. The van der Waals surface area contributed by atoms with Crippen LogP contribution in [0.3, 0.4) is 0 Å². The van der Waals surface area contributed by atoms with Crippen LogP contribution in [0.1, 0.15) is 52.1 Å². The highest BCUT2D eigenvalue weighted by molar-refractivity contribution is 5.56. The van der Waals surface area contributed by atoms with Gasteiger partial charge in [0.25, 0.3) is 0 Å². The molecule has 3 heteroatoms. The number of hydrogen-bond donors (Lipinski definition) is 1. The lowest BCUT2D eigenvalue weighted by Gasteiger charge is -2.41. The molecule has 1 aliphatic rings. The summed E-state index contributed by atoms with van der Waals surface area (Å²) in [6, 6.07) is 9.69. The molecule has 0 spiro atoms. The van der Waals surface area contributed by atoms with Crippen molar-refractivity contribution in [2.75, 3.05) is 24.6 Å². The van der Waals surface area contributed by atoms with Gasteiger partial charge in [-0.15, -0.1) is 0 Å². The molecule has 1 fully saturated rings. The molecule has 3 unspecified atom stereocenters. The van der Waals surface area contributed by atoms with Crippen molar-refractivity contribution in [3.05, 3.63) is 29.8 Å². The third-order valence-electron chi connectivity index (χ3n) is 4.35. The molecular weight excluding hydrogens is 260 g/mol. The van der Waals surface area contributed by atoms with Gasteiger partial charge in [-0.3, -0.25) is 0 Å². The van der Waals surface area contributed by atoms with Crippen LogP contribution in [0.5, 0.6) is 0 Å². The topological polar surface area (TPSA) is 24.5 Å². The summed E-state index contributed by atoms with van der Waals surface area (Å²) in [6.07, 6.45) is 2.59. The van der Waals surface area contributed by atoms with E-state index in [9.17, 15) is 0 Å². The van der Waals surface area contributed by atoms with E-state index in [0.29, 0.717) is 18.2 Å². The zero-order valence-electron chi connectivity index (χ0n) is 13.9. The van der Waals surface area contributed by atoms with Gasteiger partial charge >= 0.3 is 0 Å². The van der Waals surface area contributed by atoms with Crippen molar-refractivity contribution in [2.45, 2.75) is 58.7 Å². The second kappa shape index (κ2) is 7.81. The van der Waals surface area contributed by atoms with Crippen LogP contribution in [0, 0.1) is 0 Å². The zero-order valence-corrected chi connectivity index (χ0v) is 13.9. The van der Waals surface area contributed by atoms with Gasteiger partial charge < -0.3 is 15.0 Å². The molecule has 21 heavy (non-hydrogen) atoms. The monoisotopic (exact) mass is 290 g/mol. The van der Waals surface area contributed by atoms with E-state index in [4.69, 9.17) is 4.74 Å². The molecule has 118 valence electrons. The fourth-order valence-electron chi connectivity index (χ4n) is 3.06. The molecule has 0 bridgehead atoms. The summed E-state index contributed by atoms with van der Waals surface area (Å²) < 4.78 is 5.84. The van der Waals surface area contributed by atoms with Gasteiger partial charge in [-0.1, -0.05) is 32.0 Å². The first kappa shape index (κ1) is 16.3. The van der Waals surface area contributed by atoms with Crippen LogP contribution in [0.4, 0.5) is 5.69 Å². The van der Waals surface area contributed by atoms with Crippen molar-refractivity contribution in [1.82, 2.24) is 5.32 Å². The third kappa shape index (κ3) is 3.98. The van der Waals surface area contributed by atoms with E-state index in [0.717, 1.165) is 26.1 Å². The maximum atomic E-state index is 5.84. The van der Waals surface area contributed by atoms with Gasteiger partial charge in [0, 0.05) is 18.3 Å². The molecule has 1 saturated heterocycles. The number of ether oxygens (including phenoxy) is 1. The van der Waals surface area contributed by atoms with Crippen molar-refractivity contribution in [1.29, 1.82) is 0 Å². The average molecular weight is 290 g/mol. The Bertz CT molecular complexity index is 435. The first-order valence-corrected chi connectivity index (χ1v) is 8.37. The Hall–Kier alpha value is -1.06. The van der Waals surface area contributed by atoms with E-state index >= 15 is 0 Å². The smallest absolute Gasteiger partial charge is 0.0723 e. The van der Waals surface area contributed by atoms with Crippen molar-refractivity contribution in [2.24, 2.45) is 0 Å². The van der Waals surface area contributed by atoms with E-state index in [2.05, 4.69) is 62.2 Å². The first-order valence-electron chi connectivity index (χ1n) is 8.37. The van der Waals surface area contributed by atoms with E-state index < -0.39 is 0 Å². The summed E-state index contributed by atoms with van der Waals surface area (Å²) in [7, 11) is 0. The maximum Gasteiger partial charge on any atom is 0.0723 e. The lowest BCUT2D eigenvalue weighted by atomic mass is 10.0. The summed E-state index contributed by atoms with van der Waals surface area (Å²) >= 11 is 0. The predicted octanol–water partition coefficient (Wildman–Crippen LogP) is 3.75. The molecule has 2 rings (SSSR count). The first-order chi connectivity index (χ1) is 10.2. The second-order valence-corrected chi connectivity index (χ2v) is 6.09. The highest BCUT2D eigenvalue weighted by atomic mass is 16.5. The van der Waals surface area contributed by atoms with Crippen LogP contribution in [0.2, 0.25) is 0 Å². The van der Waals surface area contributed by atoms with Gasteiger partial charge in [0.05, 0.1) is 18.8 Å². The molecule has 1 heterocycles. The van der Waals surface area contributed by atoms with E-state index in [1.54, 1.807) is 0 Å². The highest BCUT2D eigenvalue weighted by Crippen LogP contribution is 2.30. The minimum Gasteiger partial charge on any atom is -0.375 e. The van der Waals surface area contributed by atoms with E-state index in [1.165, 1.54) is 17.7 Å². The van der Waals surface area contributed by atoms with Crippen molar-refractivity contribution < 1.29 is 4.74 Å². The molecule has 0 aliphatic carbocycles. The summed E-state index contributed by atoms with van der Waals surface area (Å²) in [5.74, 6) is 0. The summed E-state index contributed by atoms with van der Waals surface area (Å²) in [5, 5.41) is 3.61.